The van der Waals surface area contributed by atoms with Gasteiger partial charge in [0.05, 0.1) is 11.6 Å². The lowest BCUT2D eigenvalue weighted by Gasteiger charge is -2.13. The average Bonchev–Trinajstić information content (AvgIpc) is 2.76. The van der Waals surface area contributed by atoms with Gasteiger partial charge in [-0.3, -0.25) is 4.79 Å². The second-order valence-electron chi connectivity index (χ2n) is 4.38. The molecule has 88 valence electrons. The fraction of sp³-hybridized carbons (Fsp3) is 0.636. The number of aromatic nitrogens is 1. The number of carbonyl (C=O) groups excluding carboxylic acids is 1. The molecule has 2 rings (SSSR count). The van der Waals surface area contributed by atoms with Gasteiger partial charge in [-0.2, -0.15) is 0 Å². The highest BCUT2D eigenvalue weighted by atomic mass is 32.1. The highest BCUT2D eigenvalue weighted by Gasteiger charge is 2.21. The number of nitrogens with one attached hydrogen (secondary N) is 1. The molecule has 3 N–H and O–H groups in total. The summed E-state index contributed by atoms with van der Waals surface area (Å²) in [7, 11) is 0. The van der Waals surface area contributed by atoms with Crippen molar-refractivity contribution in [2.24, 2.45) is 11.7 Å². The SMILES string of the molecule is CC(N)C(C)C(=O)Nc1nc2c(s1)CCC2. The molecule has 0 saturated carbocycles. The van der Waals surface area contributed by atoms with Crippen molar-refractivity contribution >= 4 is 22.4 Å². The maximum absolute atomic E-state index is 11.8. The van der Waals surface area contributed by atoms with Gasteiger partial charge in [0.1, 0.15) is 0 Å². The molecule has 2 unspecified atom stereocenters. The minimum Gasteiger partial charge on any atom is -0.327 e. The third-order valence-electron chi connectivity index (χ3n) is 3.03. The largest absolute Gasteiger partial charge is 0.327 e. The summed E-state index contributed by atoms with van der Waals surface area (Å²) in [5, 5.41) is 3.57. The number of thiazole rings is 1. The van der Waals surface area contributed by atoms with Crippen LogP contribution in [0.25, 0.3) is 0 Å². The average molecular weight is 239 g/mol. The molecule has 2 atom stereocenters. The molecule has 1 aliphatic rings. The Balaban J connectivity index is 2.01. The Labute approximate surface area is 99.3 Å². The minimum absolute atomic E-state index is 0.0394. The van der Waals surface area contributed by atoms with E-state index in [1.807, 2.05) is 13.8 Å². The van der Waals surface area contributed by atoms with Crippen molar-refractivity contribution in [2.45, 2.75) is 39.2 Å². The summed E-state index contributed by atoms with van der Waals surface area (Å²) in [6.45, 7) is 3.67. The summed E-state index contributed by atoms with van der Waals surface area (Å²) >= 11 is 1.60. The zero-order chi connectivity index (χ0) is 11.7. The van der Waals surface area contributed by atoms with Crippen molar-refractivity contribution in [3.8, 4) is 0 Å². The molecule has 0 aromatic carbocycles. The van der Waals surface area contributed by atoms with E-state index in [-0.39, 0.29) is 17.9 Å². The Bertz CT molecular complexity index is 378. The molecule has 0 radical (unpaired) electrons. The molecule has 0 spiro atoms. The van der Waals surface area contributed by atoms with E-state index in [1.54, 1.807) is 11.3 Å². The molecular formula is C11H17N3OS. The van der Waals surface area contributed by atoms with Crippen molar-refractivity contribution < 1.29 is 4.79 Å². The summed E-state index contributed by atoms with van der Waals surface area (Å²) in [5.74, 6) is -0.221. The number of hydrogen-bond acceptors (Lipinski definition) is 4. The van der Waals surface area contributed by atoms with Gasteiger partial charge in [0, 0.05) is 10.9 Å². The number of carbonyl (C=O) groups is 1. The van der Waals surface area contributed by atoms with E-state index >= 15 is 0 Å². The van der Waals surface area contributed by atoms with E-state index in [9.17, 15) is 4.79 Å². The summed E-state index contributed by atoms with van der Waals surface area (Å²) in [6, 6.07) is -0.133. The number of anilines is 1. The van der Waals surface area contributed by atoms with Crippen LogP contribution in [-0.4, -0.2) is 16.9 Å². The lowest BCUT2D eigenvalue weighted by Crippen LogP contribution is -2.34. The Morgan fingerprint density at radius 1 is 1.50 bits per heavy atom. The first-order chi connectivity index (χ1) is 7.58. The van der Waals surface area contributed by atoms with Crippen LogP contribution >= 0.6 is 11.3 Å². The van der Waals surface area contributed by atoms with Crippen molar-refractivity contribution in [1.29, 1.82) is 0 Å². The normalized spacial score (nSPS) is 17.9. The van der Waals surface area contributed by atoms with Gasteiger partial charge in [-0.25, -0.2) is 4.98 Å². The van der Waals surface area contributed by atoms with Crippen LogP contribution in [-0.2, 0) is 17.6 Å². The van der Waals surface area contributed by atoms with Crippen LogP contribution in [0.5, 0.6) is 0 Å². The van der Waals surface area contributed by atoms with Crippen LogP contribution in [0.15, 0.2) is 0 Å². The quantitative estimate of drug-likeness (QED) is 0.841. The highest BCUT2D eigenvalue weighted by Crippen LogP contribution is 2.30. The third-order valence-corrected chi connectivity index (χ3v) is 4.10. The van der Waals surface area contributed by atoms with Crippen molar-refractivity contribution in [3.63, 3.8) is 0 Å². The van der Waals surface area contributed by atoms with E-state index in [0.29, 0.717) is 0 Å². The van der Waals surface area contributed by atoms with Crippen LogP contribution in [0.1, 0.15) is 30.8 Å². The molecule has 0 aliphatic heterocycles. The van der Waals surface area contributed by atoms with Gasteiger partial charge in [0.2, 0.25) is 5.91 Å². The van der Waals surface area contributed by atoms with Crippen molar-refractivity contribution in [2.75, 3.05) is 5.32 Å². The maximum Gasteiger partial charge on any atom is 0.230 e. The highest BCUT2D eigenvalue weighted by molar-refractivity contribution is 7.15. The van der Waals surface area contributed by atoms with Gasteiger partial charge in [0.15, 0.2) is 5.13 Å². The van der Waals surface area contributed by atoms with E-state index in [0.717, 1.165) is 23.7 Å². The molecule has 1 amide bonds. The van der Waals surface area contributed by atoms with Crippen LogP contribution in [0.4, 0.5) is 5.13 Å². The monoisotopic (exact) mass is 239 g/mol. The molecule has 1 heterocycles. The number of amides is 1. The minimum atomic E-state index is -0.182. The smallest absolute Gasteiger partial charge is 0.230 e. The Morgan fingerprint density at radius 3 is 2.88 bits per heavy atom. The topological polar surface area (TPSA) is 68.0 Å². The molecule has 4 nitrogen and oxygen atoms in total. The lowest BCUT2D eigenvalue weighted by molar-refractivity contribution is -0.119. The number of hydrogen-bond donors (Lipinski definition) is 2. The van der Waals surface area contributed by atoms with Crippen molar-refractivity contribution in [1.82, 2.24) is 4.98 Å². The molecule has 0 fully saturated rings. The fourth-order valence-electron chi connectivity index (χ4n) is 1.70. The van der Waals surface area contributed by atoms with Gasteiger partial charge < -0.3 is 11.1 Å². The number of rotatable bonds is 3. The third kappa shape index (κ3) is 2.25. The Hall–Kier alpha value is -0.940. The molecular weight excluding hydrogens is 222 g/mol. The van der Waals surface area contributed by atoms with E-state index in [1.165, 1.54) is 11.3 Å². The zero-order valence-electron chi connectivity index (χ0n) is 9.62. The first-order valence-corrected chi connectivity index (χ1v) is 6.44. The van der Waals surface area contributed by atoms with E-state index in [2.05, 4.69) is 10.3 Å². The molecule has 1 aromatic heterocycles. The molecule has 16 heavy (non-hydrogen) atoms. The molecule has 0 bridgehead atoms. The second-order valence-corrected chi connectivity index (χ2v) is 5.46. The Kier molecular flexibility index (Phi) is 3.25. The van der Waals surface area contributed by atoms with Gasteiger partial charge in [-0.1, -0.05) is 6.92 Å². The summed E-state index contributed by atoms with van der Waals surface area (Å²) < 4.78 is 0. The predicted octanol–water partition coefficient (Wildman–Crippen LogP) is 1.55. The van der Waals surface area contributed by atoms with E-state index < -0.39 is 0 Å². The fourth-order valence-corrected chi connectivity index (χ4v) is 2.75. The first kappa shape index (κ1) is 11.5. The second kappa shape index (κ2) is 4.51. The number of aryl methyl sites for hydroxylation is 2. The van der Waals surface area contributed by atoms with Crippen LogP contribution < -0.4 is 11.1 Å². The summed E-state index contributed by atoms with van der Waals surface area (Å²) in [4.78, 5) is 17.5. The zero-order valence-corrected chi connectivity index (χ0v) is 10.4. The standard InChI is InChI=1S/C11H17N3OS/c1-6(7(2)12)10(15)14-11-13-8-4-3-5-9(8)16-11/h6-7H,3-5,12H2,1-2H3,(H,13,14,15). The van der Waals surface area contributed by atoms with Gasteiger partial charge >= 0.3 is 0 Å². The summed E-state index contributed by atoms with van der Waals surface area (Å²) in [6.07, 6.45) is 3.34. The van der Waals surface area contributed by atoms with Crippen LogP contribution in [0, 0.1) is 5.92 Å². The van der Waals surface area contributed by atoms with Crippen LogP contribution in [0.3, 0.4) is 0 Å². The molecule has 1 aliphatic carbocycles. The molecule has 1 aromatic rings. The maximum atomic E-state index is 11.8. The van der Waals surface area contributed by atoms with E-state index in [4.69, 9.17) is 5.73 Å². The van der Waals surface area contributed by atoms with Gasteiger partial charge in [-0.15, -0.1) is 11.3 Å². The van der Waals surface area contributed by atoms with Gasteiger partial charge in [-0.05, 0) is 26.2 Å². The number of fused-ring (bicyclic) bond motifs is 1. The molecule has 5 heteroatoms. The van der Waals surface area contributed by atoms with Crippen LogP contribution in [0.2, 0.25) is 0 Å². The van der Waals surface area contributed by atoms with Gasteiger partial charge in [0.25, 0.3) is 0 Å². The lowest BCUT2D eigenvalue weighted by atomic mass is 10.0. The summed E-state index contributed by atoms with van der Waals surface area (Å²) in [5.41, 5.74) is 6.85. The Morgan fingerprint density at radius 2 is 2.25 bits per heavy atom. The van der Waals surface area contributed by atoms with Crippen molar-refractivity contribution in [3.05, 3.63) is 10.6 Å². The number of nitrogens with zero attached hydrogens (tertiary/aromatic N) is 1. The first-order valence-electron chi connectivity index (χ1n) is 5.63. The molecule has 0 saturated heterocycles. The number of nitrogens with two attached hydrogens (primary N) is 1. The predicted molar refractivity (Wildman–Crippen MR) is 65.6 cm³/mol.